The van der Waals surface area contributed by atoms with Crippen molar-refractivity contribution in [1.82, 2.24) is 9.78 Å². The van der Waals surface area contributed by atoms with Crippen molar-refractivity contribution in [3.63, 3.8) is 0 Å². The third kappa shape index (κ3) is 2.03. The lowest BCUT2D eigenvalue weighted by molar-refractivity contribution is 0.484. The minimum atomic E-state index is 0.557. The molecule has 4 heteroatoms. The van der Waals surface area contributed by atoms with E-state index in [-0.39, 0.29) is 0 Å². The van der Waals surface area contributed by atoms with Crippen LogP contribution in [-0.4, -0.2) is 9.78 Å². The summed E-state index contributed by atoms with van der Waals surface area (Å²) in [4.78, 5) is 0. The second-order valence-corrected chi connectivity index (χ2v) is 4.06. The number of hydrogen-bond acceptors (Lipinski definition) is 3. The highest BCUT2D eigenvalue weighted by Crippen LogP contribution is 2.24. The molecule has 0 bridgehead atoms. The van der Waals surface area contributed by atoms with Gasteiger partial charge in [-0.15, -0.1) is 0 Å². The summed E-state index contributed by atoms with van der Waals surface area (Å²) in [6, 6.07) is 1.86. The fourth-order valence-electron chi connectivity index (χ4n) is 1.53. The van der Waals surface area contributed by atoms with Crippen LogP contribution < -0.4 is 5.73 Å². The number of nitrogen functional groups attached to an aromatic ring is 1. The van der Waals surface area contributed by atoms with Crippen LogP contribution >= 0.6 is 0 Å². The molecule has 0 atom stereocenters. The van der Waals surface area contributed by atoms with Crippen LogP contribution in [0.3, 0.4) is 0 Å². The van der Waals surface area contributed by atoms with Gasteiger partial charge in [-0.05, 0) is 12.0 Å². The molecule has 0 amide bonds. The van der Waals surface area contributed by atoms with Crippen LogP contribution in [0.1, 0.15) is 13.8 Å². The Morgan fingerprint density at radius 2 is 2.33 bits per heavy atom. The lowest BCUT2D eigenvalue weighted by Gasteiger charge is -2.03. The highest BCUT2D eigenvalue weighted by atomic mass is 16.3. The molecule has 2 N–H and O–H groups in total. The summed E-state index contributed by atoms with van der Waals surface area (Å²) in [6.45, 7) is 5.17. The molecule has 0 aliphatic carbocycles. The van der Waals surface area contributed by atoms with E-state index in [0.29, 0.717) is 11.6 Å². The lowest BCUT2D eigenvalue weighted by Crippen LogP contribution is -2.04. The molecule has 0 aromatic carbocycles. The van der Waals surface area contributed by atoms with E-state index in [1.54, 1.807) is 12.5 Å². The fraction of sp³-hybridized carbons (Fsp3) is 0.364. The zero-order valence-corrected chi connectivity index (χ0v) is 8.97. The average molecular weight is 205 g/mol. The number of furan rings is 1. The summed E-state index contributed by atoms with van der Waals surface area (Å²) in [5, 5.41) is 4.42. The lowest BCUT2D eigenvalue weighted by atomic mass is 10.2. The van der Waals surface area contributed by atoms with Gasteiger partial charge in [0.15, 0.2) is 0 Å². The van der Waals surface area contributed by atoms with E-state index in [4.69, 9.17) is 10.2 Å². The minimum Gasteiger partial charge on any atom is -0.472 e. The summed E-state index contributed by atoms with van der Waals surface area (Å²) < 4.78 is 6.89. The van der Waals surface area contributed by atoms with Crippen molar-refractivity contribution in [3.8, 4) is 11.3 Å². The van der Waals surface area contributed by atoms with Crippen LogP contribution in [0.2, 0.25) is 0 Å². The second kappa shape index (κ2) is 3.81. The second-order valence-electron chi connectivity index (χ2n) is 4.06. The first-order chi connectivity index (χ1) is 7.16. The van der Waals surface area contributed by atoms with Gasteiger partial charge in [-0.25, -0.2) is 0 Å². The van der Waals surface area contributed by atoms with Gasteiger partial charge in [0.05, 0.1) is 18.2 Å². The minimum absolute atomic E-state index is 0.557. The van der Waals surface area contributed by atoms with Crippen LogP contribution in [-0.2, 0) is 6.54 Å². The van der Waals surface area contributed by atoms with E-state index >= 15 is 0 Å². The van der Waals surface area contributed by atoms with Crippen LogP contribution in [0.15, 0.2) is 29.2 Å². The molecule has 0 saturated heterocycles. The SMILES string of the molecule is CC(C)Cn1cc(N)c(-c2ccoc2)n1. The summed E-state index contributed by atoms with van der Waals surface area (Å²) in [7, 11) is 0. The number of hydrogen-bond donors (Lipinski definition) is 1. The normalized spacial score (nSPS) is 11.1. The predicted octanol–water partition coefficient (Wildman–Crippen LogP) is 2.38. The number of anilines is 1. The fourth-order valence-corrected chi connectivity index (χ4v) is 1.53. The monoisotopic (exact) mass is 205 g/mol. The quantitative estimate of drug-likeness (QED) is 0.836. The Balaban J connectivity index is 2.30. The number of nitrogens with zero attached hydrogens (tertiary/aromatic N) is 2. The van der Waals surface area contributed by atoms with Gasteiger partial charge in [-0.3, -0.25) is 4.68 Å². The van der Waals surface area contributed by atoms with E-state index in [1.807, 2.05) is 16.9 Å². The smallest absolute Gasteiger partial charge is 0.118 e. The zero-order chi connectivity index (χ0) is 10.8. The van der Waals surface area contributed by atoms with Crippen molar-refractivity contribution >= 4 is 5.69 Å². The van der Waals surface area contributed by atoms with E-state index in [1.165, 1.54) is 0 Å². The van der Waals surface area contributed by atoms with Crippen LogP contribution in [0.25, 0.3) is 11.3 Å². The van der Waals surface area contributed by atoms with E-state index in [2.05, 4.69) is 18.9 Å². The molecule has 2 aromatic rings. The maximum atomic E-state index is 5.88. The molecule has 2 heterocycles. The van der Waals surface area contributed by atoms with Gasteiger partial charge in [0.25, 0.3) is 0 Å². The maximum absolute atomic E-state index is 5.88. The van der Waals surface area contributed by atoms with Gasteiger partial charge in [0, 0.05) is 18.3 Å². The van der Waals surface area contributed by atoms with Crippen molar-refractivity contribution in [1.29, 1.82) is 0 Å². The molecule has 0 spiro atoms. The molecular weight excluding hydrogens is 190 g/mol. The standard InChI is InChI=1S/C11H15N3O/c1-8(2)5-14-6-10(12)11(13-14)9-3-4-15-7-9/h3-4,6-8H,5,12H2,1-2H3. The molecule has 80 valence electrons. The summed E-state index contributed by atoms with van der Waals surface area (Å²) in [6.07, 6.45) is 5.14. The average Bonchev–Trinajstić information content (AvgIpc) is 2.72. The van der Waals surface area contributed by atoms with Crippen LogP contribution in [0.4, 0.5) is 5.69 Å². The highest BCUT2D eigenvalue weighted by molar-refractivity contribution is 5.70. The maximum Gasteiger partial charge on any atom is 0.118 e. The number of nitrogens with two attached hydrogens (primary N) is 1. The molecule has 0 aliphatic heterocycles. The molecule has 0 radical (unpaired) electrons. The van der Waals surface area contributed by atoms with Crippen molar-refractivity contribution in [2.75, 3.05) is 5.73 Å². The highest BCUT2D eigenvalue weighted by Gasteiger charge is 2.09. The first-order valence-electron chi connectivity index (χ1n) is 5.02. The van der Waals surface area contributed by atoms with Gasteiger partial charge in [-0.1, -0.05) is 13.8 Å². The predicted molar refractivity (Wildman–Crippen MR) is 59.2 cm³/mol. The van der Waals surface area contributed by atoms with Crippen molar-refractivity contribution in [2.45, 2.75) is 20.4 Å². The Morgan fingerprint density at radius 1 is 1.53 bits per heavy atom. The largest absolute Gasteiger partial charge is 0.472 e. The summed E-state index contributed by atoms with van der Waals surface area (Å²) in [5.41, 5.74) is 8.30. The molecule has 2 aromatic heterocycles. The molecule has 0 fully saturated rings. The van der Waals surface area contributed by atoms with E-state index in [9.17, 15) is 0 Å². The number of aromatic nitrogens is 2. The molecule has 0 saturated carbocycles. The Kier molecular flexibility index (Phi) is 2.49. The van der Waals surface area contributed by atoms with Gasteiger partial charge < -0.3 is 10.2 Å². The molecule has 15 heavy (non-hydrogen) atoms. The van der Waals surface area contributed by atoms with Crippen molar-refractivity contribution in [2.24, 2.45) is 5.92 Å². The summed E-state index contributed by atoms with van der Waals surface area (Å²) >= 11 is 0. The third-order valence-electron chi connectivity index (χ3n) is 2.14. The number of rotatable bonds is 3. The van der Waals surface area contributed by atoms with Crippen LogP contribution in [0, 0.1) is 5.92 Å². The Morgan fingerprint density at radius 3 is 2.93 bits per heavy atom. The van der Waals surface area contributed by atoms with Crippen LogP contribution in [0.5, 0.6) is 0 Å². The molecule has 2 rings (SSSR count). The van der Waals surface area contributed by atoms with E-state index in [0.717, 1.165) is 17.8 Å². The Labute approximate surface area is 88.7 Å². The van der Waals surface area contributed by atoms with Gasteiger partial charge in [-0.2, -0.15) is 5.10 Å². The van der Waals surface area contributed by atoms with Gasteiger partial charge >= 0.3 is 0 Å². The van der Waals surface area contributed by atoms with Gasteiger partial charge in [0.2, 0.25) is 0 Å². The van der Waals surface area contributed by atoms with Crippen molar-refractivity contribution in [3.05, 3.63) is 24.8 Å². The molecule has 0 aliphatic rings. The Bertz CT molecular complexity index is 429. The molecule has 4 nitrogen and oxygen atoms in total. The van der Waals surface area contributed by atoms with Gasteiger partial charge in [0.1, 0.15) is 5.69 Å². The Hall–Kier alpha value is -1.71. The molecule has 0 unspecified atom stereocenters. The summed E-state index contributed by atoms with van der Waals surface area (Å²) in [5.74, 6) is 0.557. The molecular formula is C11H15N3O. The van der Waals surface area contributed by atoms with E-state index < -0.39 is 0 Å². The first-order valence-corrected chi connectivity index (χ1v) is 5.02. The first kappa shape index (κ1) is 9.83. The topological polar surface area (TPSA) is 57.0 Å². The zero-order valence-electron chi connectivity index (χ0n) is 8.97. The third-order valence-corrected chi connectivity index (χ3v) is 2.14. The van der Waals surface area contributed by atoms with Crippen molar-refractivity contribution < 1.29 is 4.42 Å².